The van der Waals surface area contributed by atoms with E-state index >= 15 is 0 Å². The van der Waals surface area contributed by atoms with Crippen molar-refractivity contribution in [2.75, 3.05) is 0 Å². The van der Waals surface area contributed by atoms with E-state index in [9.17, 15) is 22.0 Å². The van der Waals surface area contributed by atoms with Gasteiger partial charge in [0.25, 0.3) is 6.43 Å². The van der Waals surface area contributed by atoms with Crippen molar-refractivity contribution >= 4 is 10.9 Å². The zero-order valence-electron chi connectivity index (χ0n) is 10.2. The molecule has 0 atom stereocenters. The summed E-state index contributed by atoms with van der Waals surface area (Å²) in [4.78, 5) is 0. The van der Waals surface area contributed by atoms with Gasteiger partial charge >= 0.3 is 6.18 Å². The van der Waals surface area contributed by atoms with Gasteiger partial charge in [0.2, 0.25) is 0 Å². The molecule has 0 amide bonds. The van der Waals surface area contributed by atoms with Crippen LogP contribution < -0.4 is 0 Å². The van der Waals surface area contributed by atoms with Crippen LogP contribution in [0.25, 0.3) is 10.9 Å². The minimum atomic E-state index is -4.68. The van der Waals surface area contributed by atoms with Gasteiger partial charge in [-0.1, -0.05) is 0 Å². The molecule has 2 rings (SSSR count). The fraction of sp³-hybridized carbons (Fsp3) is 0.231. The minimum Gasteiger partial charge on any atom is -0.330 e. The Labute approximate surface area is 115 Å². The third-order valence-corrected chi connectivity index (χ3v) is 2.91. The summed E-state index contributed by atoms with van der Waals surface area (Å²) in [5.74, 6) is 0. The summed E-state index contributed by atoms with van der Waals surface area (Å²) in [6, 6.07) is 6.47. The van der Waals surface area contributed by atoms with E-state index in [-0.39, 0.29) is 22.0 Å². The predicted octanol–water partition coefficient (Wildman–Crippen LogP) is 3.88. The molecular weight excluding hydrogens is 293 g/mol. The topological polar surface area (TPSA) is 52.5 Å². The van der Waals surface area contributed by atoms with Crippen LogP contribution in [0.4, 0.5) is 22.0 Å². The third kappa shape index (κ3) is 2.65. The Hall–Kier alpha value is -2.61. The highest BCUT2D eigenvalue weighted by atomic mass is 19.4. The van der Waals surface area contributed by atoms with Crippen LogP contribution in [0.3, 0.4) is 0 Å². The van der Waals surface area contributed by atoms with Crippen molar-refractivity contribution in [1.29, 1.82) is 10.5 Å². The molecule has 1 aromatic heterocycles. The van der Waals surface area contributed by atoms with Crippen LogP contribution in [-0.4, -0.2) is 10.7 Å². The smallest absolute Gasteiger partial charge is 0.330 e. The van der Waals surface area contributed by atoms with E-state index in [0.717, 1.165) is 18.2 Å². The molecule has 0 fully saturated rings. The lowest BCUT2D eigenvalue weighted by atomic mass is 10.1. The first-order valence-corrected chi connectivity index (χ1v) is 5.59. The monoisotopic (exact) mass is 299 g/mol. The number of hydrogen-bond acceptors (Lipinski definition) is 2. The number of fused-ring (bicyclic) bond motifs is 1. The Bertz CT molecular complexity index is 774. The van der Waals surface area contributed by atoms with Gasteiger partial charge in [-0.2, -0.15) is 23.7 Å². The largest absolute Gasteiger partial charge is 0.406 e. The summed E-state index contributed by atoms with van der Waals surface area (Å²) in [5, 5.41) is 17.8. The average Bonchev–Trinajstić information content (AvgIpc) is 2.74. The zero-order valence-corrected chi connectivity index (χ0v) is 10.2. The molecule has 0 bridgehead atoms. The first-order valence-electron chi connectivity index (χ1n) is 5.59. The van der Waals surface area contributed by atoms with Crippen molar-refractivity contribution in [3.63, 3.8) is 0 Å². The second kappa shape index (κ2) is 5.06. The third-order valence-electron chi connectivity index (χ3n) is 2.91. The molecule has 0 aliphatic rings. The number of nitrogens with zero attached hydrogens (tertiary/aromatic N) is 3. The normalized spacial score (nSPS) is 11.6. The Kier molecular flexibility index (Phi) is 3.56. The maximum atomic E-state index is 12.9. The second-order valence-corrected chi connectivity index (χ2v) is 4.22. The fourth-order valence-corrected chi connectivity index (χ4v) is 2.11. The quantitative estimate of drug-likeness (QED) is 0.790. The Morgan fingerprint density at radius 2 is 1.81 bits per heavy atom. The number of benzene rings is 1. The number of hydrogen-bond donors (Lipinski definition) is 0. The molecule has 8 heteroatoms. The standard InChI is InChI=1S/C13H6F5N3/c14-12(15)11-3-8-9(5-20)7(4-19)1-2-10(8)21(11)6-13(16,17)18/h1-3,12H,6H2. The second-order valence-electron chi connectivity index (χ2n) is 4.22. The summed E-state index contributed by atoms with van der Waals surface area (Å²) in [7, 11) is 0. The predicted molar refractivity (Wildman–Crippen MR) is 62.4 cm³/mol. The van der Waals surface area contributed by atoms with Gasteiger partial charge in [0.05, 0.1) is 22.3 Å². The molecule has 3 nitrogen and oxygen atoms in total. The molecule has 21 heavy (non-hydrogen) atoms. The highest BCUT2D eigenvalue weighted by molar-refractivity contribution is 5.89. The van der Waals surface area contributed by atoms with Gasteiger partial charge in [-0.15, -0.1) is 0 Å². The molecule has 0 aliphatic carbocycles. The van der Waals surface area contributed by atoms with Crippen LogP contribution in [0.15, 0.2) is 18.2 Å². The Morgan fingerprint density at radius 3 is 2.29 bits per heavy atom. The summed E-state index contributed by atoms with van der Waals surface area (Å²) < 4.78 is 63.9. The van der Waals surface area contributed by atoms with Crippen molar-refractivity contribution in [3.8, 4) is 12.1 Å². The Morgan fingerprint density at radius 1 is 1.14 bits per heavy atom. The van der Waals surface area contributed by atoms with Crippen LogP contribution in [0.1, 0.15) is 23.2 Å². The van der Waals surface area contributed by atoms with E-state index in [1.807, 2.05) is 0 Å². The van der Waals surface area contributed by atoms with E-state index in [0.29, 0.717) is 4.57 Å². The number of alkyl halides is 5. The molecule has 0 spiro atoms. The molecule has 1 heterocycles. The van der Waals surface area contributed by atoms with E-state index in [1.165, 1.54) is 0 Å². The summed E-state index contributed by atoms with van der Waals surface area (Å²) in [6.07, 6.45) is -7.81. The highest BCUT2D eigenvalue weighted by Gasteiger charge is 2.31. The SMILES string of the molecule is N#Cc1ccc2c(cc(C(F)F)n2CC(F)(F)F)c1C#N. The molecule has 108 valence electrons. The van der Waals surface area contributed by atoms with Gasteiger partial charge in [0.1, 0.15) is 18.7 Å². The van der Waals surface area contributed by atoms with Crippen LogP contribution in [0.5, 0.6) is 0 Å². The Balaban J connectivity index is 2.81. The molecule has 0 aliphatic heterocycles. The summed E-state index contributed by atoms with van der Waals surface area (Å²) in [5.41, 5.74) is -1.28. The van der Waals surface area contributed by atoms with E-state index < -0.39 is 24.8 Å². The number of rotatable bonds is 2. The lowest BCUT2D eigenvalue weighted by Gasteiger charge is -2.12. The summed E-state index contributed by atoms with van der Waals surface area (Å²) >= 11 is 0. The van der Waals surface area contributed by atoms with Crippen molar-refractivity contribution in [2.45, 2.75) is 19.1 Å². The number of halogens is 5. The molecule has 0 saturated heterocycles. The van der Waals surface area contributed by atoms with Gasteiger partial charge in [0, 0.05) is 5.39 Å². The van der Waals surface area contributed by atoms with E-state index in [4.69, 9.17) is 10.5 Å². The fourth-order valence-electron chi connectivity index (χ4n) is 2.11. The molecule has 2 aromatic rings. The lowest BCUT2D eigenvalue weighted by molar-refractivity contribution is -0.140. The van der Waals surface area contributed by atoms with Gasteiger partial charge < -0.3 is 4.57 Å². The minimum absolute atomic E-state index is 0.0741. The first kappa shape index (κ1) is 14.8. The van der Waals surface area contributed by atoms with Crippen LogP contribution in [0.2, 0.25) is 0 Å². The molecule has 0 unspecified atom stereocenters. The molecule has 0 radical (unpaired) electrons. The van der Waals surface area contributed by atoms with Gasteiger partial charge in [0.15, 0.2) is 0 Å². The van der Waals surface area contributed by atoms with E-state index in [2.05, 4.69) is 0 Å². The first-order chi connectivity index (χ1) is 9.78. The number of nitriles is 2. The van der Waals surface area contributed by atoms with Crippen molar-refractivity contribution in [2.24, 2.45) is 0 Å². The lowest BCUT2D eigenvalue weighted by Crippen LogP contribution is -2.19. The highest BCUT2D eigenvalue weighted by Crippen LogP contribution is 2.33. The maximum absolute atomic E-state index is 12.9. The van der Waals surface area contributed by atoms with Crippen LogP contribution >= 0.6 is 0 Å². The maximum Gasteiger partial charge on any atom is 0.406 e. The van der Waals surface area contributed by atoms with Gasteiger partial charge in [-0.05, 0) is 18.2 Å². The molecule has 0 N–H and O–H groups in total. The van der Waals surface area contributed by atoms with Crippen molar-refractivity contribution in [1.82, 2.24) is 4.57 Å². The van der Waals surface area contributed by atoms with Crippen LogP contribution in [-0.2, 0) is 6.54 Å². The molecular formula is C13H6F5N3. The molecule has 0 saturated carbocycles. The van der Waals surface area contributed by atoms with Gasteiger partial charge in [-0.3, -0.25) is 0 Å². The zero-order chi connectivity index (χ0) is 15.8. The molecule has 1 aromatic carbocycles. The number of aromatic nitrogens is 1. The van der Waals surface area contributed by atoms with Gasteiger partial charge in [-0.25, -0.2) is 8.78 Å². The van der Waals surface area contributed by atoms with Crippen molar-refractivity contribution in [3.05, 3.63) is 35.0 Å². The van der Waals surface area contributed by atoms with Crippen molar-refractivity contribution < 1.29 is 22.0 Å². The van der Waals surface area contributed by atoms with Crippen LogP contribution in [0, 0.1) is 22.7 Å². The summed E-state index contributed by atoms with van der Waals surface area (Å²) in [6.45, 7) is -1.59. The van der Waals surface area contributed by atoms with E-state index in [1.54, 1.807) is 12.1 Å². The average molecular weight is 299 g/mol.